The molecule has 0 amide bonds. The van der Waals surface area contributed by atoms with Crippen LogP contribution in [-0.4, -0.2) is 17.9 Å². The quantitative estimate of drug-likeness (QED) is 0.602. The minimum Gasteiger partial charge on any atom is -0.486 e. The van der Waals surface area contributed by atoms with E-state index in [-0.39, 0.29) is 11.8 Å². The number of ether oxygens (including phenoxy) is 1. The molecule has 0 aromatic heterocycles. The number of hydrogen-bond acceptors (Lipinski definition) is 4. The lowest BCUT2D eigenvalue weighted by atomic mass is 10.2. The molecule has 1 aliphatic rings. The Labute approximate surface area is 80.6 Å². The maximum Gasteiger partial charge on any atom is 0.180 e. The second-order valence-electron chi connectivity index (χ2n) is 3.27. The van der Waals surface area contributed by atoms with Crippen molar-refractivity contribution in [2.75, 3.05) is 17.4 Å². The normalized spacial score (nSPS) is 19.2. The molecule has 0 bridgehead atoms. The van der Waals surface area contributed by atoms with Crippen LogP contribution in [0.2, 0.25) is 0 Å². The maximum atomic E-state index is 13.2. The summed E-state index contributed by atoms with van der Waals surface area (Å²) in [6, 6.07) is 2.79. The fraction of sp³-hybridized carbons (Fsp3) is 0.333. The fourth-order valence-electron chi connectivity index (χ4n) is 1.43. The van der Waals surface area contributed by atoms with Crippen molar-refractivity contribution < 1.29 is 14.3 Å². The highest BCUT2D eigenvalue weighted by atomic mass is 19.1. The Kier molecular flexibility index (Phi) is 2.17. The molecule has 0 saturated heterocycles. The maximum absolute atomic E-state index is 13.2. The highest BCUT2D eigenvalue weighted by molar-refractivity contribution is 5.76. The van der Waals surface area contributed by atoms with E-state index in [1.54, 1.807) is 0 Å². The minimum atomic E-state index is -0.432. The van der Waals surface area contributed by atoms with E-state index in [1.165, 1.54) is 12.1 Å². The van der Waals surface area contributed by atoms with E-state index in [0.29, 0.717) is 18.0 Å². The predicted molar refractivity (Wildman–Crippen MR) is 50.4 cm³/mol. The van der Waals surface area contributed by atoms with E-state index in [2.05, 4.69) is 5.32 Å². The van der Waals surface area contributed by atoms with Crippen LogP contribution in [0, 0.1) is 5.82 Å². The van der Waals surface area contributed by atoms with Crippen molar-refractivity contribution >= 4 is 11.4 Å². The van der Waals surface area contributed by atoms with Gasteiger partial charge in [0.15, 0.2) is 11.6 Å². The summed E-state index contributed by atoms with van der Waals surface area (Å²) in [6.07, 6.45) is 0. The van der Waals surface area contributed by atoms with Gasteiger partial charge in [0.25, 0.3) is 0 Å². The Morgan fingerprint density at radius 1 is 1.64 bits per heavy atom. The number of nitrogens with one attached hydrogen (secondary N) is 2. The molecule has 14 heavy (non-hydrogen) atoms. The molecule has 1 aromatic rings. The Hall–Kier alpha value is -1.49. The van der Waals surface area contributed by atoms with Gasteiger partial charge < -0.3 is 10.1 Å². The topological polar surface area (TPSA) is 53.5 Å². The summed E-state index contributed by atoms with van der Waals surface area (Å²) in [5.41, 5.74) is 2.87. The second-order valence-corrected chi connectivity index (χ2v) is 3.27. The first kappa shape index (κ1) is 9.08. The zero-order valence-corrected chi connectivity index (χ0v) is 7.67. The molecule has 3 N–H and O–H groups in total. The lowest BCUT2D eigenvalue weighted by Crippen LogP contribution is -2.29. The predicted octanol–water partition coefficient (Wildman–Crippen LogP) is 1.82. The van der Waals surface area contributed by atoms with Crippen LogP contribution in [0.3, 0.4) is 0 Å². The lowest BCUT2D eigenvalue weighted by Gasteiger charge is -2.26. The Morgan fingerprint density at radius 2 is 2.43 bits per heavy atom. The second kappa shape index (κ2) is 3.34. The van der Waals surface area contributed by atoms with Gasteiger partial charge in [-0.05, 0) is 19.1 Å². The average molecular weight is 198 g/mol. The molecular formula is C9H11FN2O2. The van der Waals surface area contributed by atoms with Crippen molar-refractivity contribution in [1.29, 1.82) is 0 Å². The third-order valence-corrected chi connectivity index (χ3v) is 2.10. The molecule has 1 unspecified atom stereocenters. The van der Waals surface area contributed by atoms with Crippen LogP contribution in [-0.2, 0) is 0 Å². The van der Waals surface area contributed by atoms with Gasteiger partial charge in [-0.1, -0.05) is 0 Å². The zero-order chi connectivity index (χ0) is 10.1. The van der Waals surface area contributed by atoms with Crippen molar-refractivity contribution in [3.63, 3.8) is 0 Å². The van der Waals surface area contributed by atoms with Gasteiger partial charge in [0, 0.05) is 0 Å². The van der Waals surface area contributed by atoms with Crippen molar-refractivity contribution in [3.8, 4) is 5.75 Å². The van der Waals surface area contributed by atoms with Gasteiger partial charge in [0.1, 0.15) is 12.3 Å². The molecular weight excluding hydrogens is 187 g/mol. The number of benzene rings is 1. The van der Waals surface area contributed by atoms with E-state index >= 15 is 0 Å². The first-order valence-corrected chi connectivity index (χ1v) is 4.34. The van der Waals surface area contributed by atoms with Crippen molar-refractivity contribution in [2.45, 2.75) is 13.0 Å². The highest BCUT2D eigenvalue weighted by Crippen LogP contribution is 2.37. The molecule has 1 heterocycles. The molecule has 1 atom stereocenters. The molecule has 1 aromatic carbocycles. The number of hydrogen-bond donors (Lipinski definition) is 3. The molecule has 0 saturated carbocycles. The summed E-state index contributed by atoms with van der Waals surface area (Å²) >= 11 is 0. The van der Waals surface area contributed by atoms with Crippen molar-refractivity contribution in [1.82, 2.24) is 0 Å². The lowest BCUT2D eigenvalue weighted by molar-refractivity contribution is 0.277. The number of halogens is 1. The van der Waals surface area contributed by atoms with E-state index < -0.39 is 5.82 Å². The molecule has 5 heteroatoms. The van der Waals surface area contributed by atoms with Crippen LogP contribution in [0.4, 0.5) is 15.8 Å². The van der Waals surface area contributed by atoms with Crippen molar-refractivity contribution in [3.05, 3.63) is 17.9 Å². The van der Waals surface area contributed by atoms with Gasteiger partial charge >= 0.3 is 0 Å². The van der Waals surface area contributed by atoms with Crippen LogP contribution in [0.25, 0.3) is 0 Å². The monoisotopic (exact) mass is 198 g/mol. The standard InChI is InChI=1S/C9H11FN2O2/c1-5-4-14-9-6(10)2-3-7(12-13)8(9)11-5/h2-3,5,11-13H,4H2,1H3. The first-order valence-electron chi connectivity index (χ1n) is 4.34. The Bertz CT molecular complexity index is 357. The molecule has 0 aliphatic carbocycles. The van der Waals surface area contributed by atoms with Gasteiger partial charge in [-0.25, -0.2) is 4.39 Å². The van der Waals surface area contributed by atoms with Gasteiger partial charge in [-0.15, -0.1) is 0 Å². The summed E-state index contributed by atoms with van der Waals surface area (Å²) in [4.78, 5) is 0. The van der Waals surface area contributed by atoms with Gasteiger partial charge in [-0.3, -0.25) is 10.7 Å². The van der Waals surface area contributed by atoms with E-state index in [0.717, 1.165) is 0 Å². The van der Waals surface area contributed by atoms with Crippen molar-refractivity contribution in [2.24, 2.45) is 0 Å². The molecule has 0 radical (unpaired) electrons. The third kappa shape index (κ3) is 1.35. The molecule has 1 aliphatic heterocycles. The van der Waals surface area contributed by atoms with Gasteiger partial charge in [0.05, 0.1) is 11.7 Å². The number of rotatable bonds is 1. The van der Waals surface area contributed by atoms with Crippen LogP contribution < -0.4 is 15.5 Å². The van der Waals surface area contributed by atoms with Gasteiger partial charge in [0.2, 0.25) is 0 Å². The van der Waals surface area contributed by atoms with E-state index in [1.807, 2.05) is 12.4 Å². The smallest absolute Gasteiger partial charge is 0.180 e. The summed E-state index contributed by atoms with van der Waals surface area (Å²) in [6.45, 7) is 2.33. The van der Waals surface area contributed by atoms with Crippen LogP contribution >= 0.6 is 0 Å². The van der Waals surface area contributed by atoms with E-state index in [9.17, 15) is 4.39 Å². The molecule has 4 nitrogen and oxygen atoms in total. The largest absolute Gasteiger partial charge is 0.486 e. The summed E-state index contributed by atoms with van der Waals surface area (Å²) < 4.78 is 18.5. The van der Waals surface area contributed by atoms with Crippen LogP contribution in [0.5, 0.6) is 5.75 Å². The van der Waals surface area contributed by atoms with E-state index in [4.69, 9.17) is 9.94 Å². The average Bonchev–Trinajstić information content (AvgIpc) is 2.18. The summed E-state index contributed by atoms with van der Waals surface area (Å²) in [5, 5.41) is 11.8. The number of fused-ring (bicyclic) bond motifs is 1. The zero-order valence-electron chi connectivity index (χ0n) is 7.67. The number of anilines is 2. The first-order chi connectivity index (χ1) is 6.72. The highest BCUT2D eigenvalue weighted by Gasteiger charge is 2.21. The van der Waals surface area contributed by atoms with Gasteiger partial charge in [-0.2, -0.15) is 0 Å². The molecule has 2 rings (SSSR count). The molecule has 0 fully saturated rings. The van der Waals surface area contributed by atoms with Crippen LogP contribution in [0.1, 0.15) is 6.92 Å². The minimum absolute atomic E-state index is 0.0939. The Balaban J connectivity index is 2.49. The SMILES string of the molecule is CC1COc2c(F)ccc(NO)c2N1. The summed E-state index contributed by atoms with van der Waals surface area (Å²) in [5.74, 6) is -0.277. The fourth-order valence-corrected chi connectivity index (χ4v) is 1.43. The molecule has 76 valence electrons. The summed E-state index contributed by atoms with van der Waals surface area (Å²) in [7, 11) is 0. The van der Waals surface area contributed by atoms with Crippen LogP contribution in [0.15, 0.2) is 12.1 Å². The Morgan fingerprint density at radius 3 is 3.14 bits per heavy atom. The third-order valence-electron chi connectivity index (χ3n) is 2.10. The molecule has 0 spiro atoms.